The number of amidine groups is 1. The highest BCUT2D eigenvalue weighted by Gasteiger charge is 2.43. The molecule has 2 amide bonds. The van der Waals surface area contributed by atoms with Gasteiger partial charge in [0.25, 0.3) is 5.91 Å². The van der Waals surface area contributed by atoms with Crippen molar-refractivity contribution in [1.82, 2.24) is 15.1 Å². The van der Waals surface area contributed by atoms with Crippen molar-refractivity contribution < 1.29 is 9.59 Å². The Bertz CT molecular complexity index is 1120. The average Bonchev–Trinajstić information content (AvgIpc) is 3.33. The lowest BCUT2D eigenvalue weighted by Crippen LogP contribution is -2.49. The maximum atomic E-state index is 12.8. The van der Waals surface area contributed by atoms with Gasteiger partial charge in [-0.1, -0.05) is 17.2 Å². The van der Waals surface area contributed by atoms with E-state index in [-0.39, 0.29) is 30.4 Å². The fourth-order valence-electron chi connectivity index (χ4n) is 5.67. The molecular weight excluding hydrogens is 452 g/mol. The molecule has 3 N–H and O–H groups in total. The molecule has 1 aromatic carbocycles. The van der Waals surface area contributed by atoms with E-state index in [0.717, 1.165) is 36.8 Å². The predicted octanol–water partition coefficient (Wildman–Crippen LogP) is 2.78. The number of amides is 2. The fourth-order valence-corrected chi connectivity index (χ4v) is 5.67. The monoisotopic (exact) mass is 492 g/mol. The van der Waals surface area contributed by atoms with E-state index in [1.54, 1.807) is 30.9 Å². The Labute approximate surface area is 215 Å². The Morgan fingerprint density at radius 3 is 2.69 bits per heavy atom. The summed E-state index contributed by atoms with van der Waals surface area (Å²) in [5.41, 5.74) is 11.3. The molecule has 1 saturated heterocycles. The predicted molar refractivity (Wildman–Crippen MR) is 143 cm³/mol. The third-order valence-corrected chi connectivity index (χ3v) is 7.88. The molecule has 36 heavy (non-hydrogen) atoms. The number of nitrogens with zero attached hydrogens (tertiary/aromatic N) is 4. The number of carbonyl (C=O) groups excluding carboxylic acids is 2. The van der Waals surface area contributed by atoms with Gasteiger partial charge >= 0.3 is 0 Å². The van der Waals surface area contributed by atoms with Crippen LogP contribution in [0.15, 0.2) is 34.3 Å². The van der Waals surface area contributed by atoms with Gasteiger partial charge in [0.05, 0.1) is 18.0 Å². The van der Waals surface area contributed by atoms with Crippen LogP contribution in [-0.2, 0) is 16.6 Å². The van der Waals surface area contributed by atoms with Crippen LogP contribution in [0.5, 0.6) is 0 Å². The largest absolute Gasteiger partial charge is 0.386 e. The average molecular weight is 493 g/mol. The molecule has 1 aliphatic heterocycles. The normalized spacial score (nSPS) is 23.1. The molecule has 1 fully saturated rings. The summed E-state index contributed by atoms with van der Waals surface area (Å²) in [6, 6.07) is 7.76. The van der Waals surface area contributed by atoms with Gasteiger partial charge in [0.2, 0.25) is 5.91 Å². The third kappa shape index (κ3) is 5.17. The summed E-state index contributed by atoms with van der Waals surface area (Å²) >= 11 is 0. The minimum absolute atomic E-state index is 0.0303. The van der Waals surface area contributed by atoms with Crippen LogP contribution < -0.4 is 11.1 Å². The standard InChI is InChI=1S/C28H40N6O2/c1-18-9-10-21-14-22(26(36)33(5)6)11-12-24(21)28(20(18)3,27(30)31-4)15-19(2)32-17-25(35)34-13-7-8-23(34)16-29/h11-12,14,19,23,32H,7-10,13,15,17H2,1-6H3,(H2,30,31). The lowest BCUT2D eigenvalue weighted by molar-refractivity contribution is -0.130. The lowest BCUT2D eigenvalue weighted by atomic mass is 9.67. The minimum atomic E-state index is -0.650. The third-order valence-electron chi connectivity index (χ3n) is 7.88. The number of nitriles is 1. The topological polar surface area (TPSA) is 115 Å². The summed E-state index contributed by atoms with van der Waals surface area (Å²) in [5, 5.41) is 12.7. The number of nitrogens with two attached hydrogens (primary N) is 1. The van der Waals surface area contributed by atoms with Crippen molar-refractivity contribution in [2.24, 2.45) is 10.7 Å². The molecule has 0 aromatic heterocycles. The number of carbonyl (C=O) groups is 2. The number of likely N-dealkylation sites (tertiary alicyclic amines) is 1. The van der Waals surface area contributed by atoms with Crippen LogP contribution in [0.25, 0.3) is 0 Å². The molecule has 1 heterocycles. The molecule has 3 rings (SSSR count). The second-order valence-corrected chi connectivity index (χ2v) is 10.4. The molecule has 0 spiro atoms. The summed E-state index contributed by atoms with van der Waals surface area (Å²) in [4.78, 5) is 33.2. The van der Waals surface area contributed by atoms with Crippen molar-refractivity contribution in [2.75, 3.05) is 34.2 Å². The van der Waals surface area contributed by atoms with Gasteiger partial charge in [0, 0.05) is 39.3 Å². The van der Waals surface area contributed by atoms with Gasteiger partial charge < -0.3 is 20.9 Å². The Kier molecular flexibility index (Phi) is 8.57. The maximum absolute atomic E-state index is 12.8. The molecule has 0 bridgehead atoms. The molecule has 0 radical (unpaired) electrons. The zero-order chi connectivity index (χ0) is 26.6. The molecule has 8 heteroatoms. The zero-order valence-electron chi connectivity index (χ0n) is 22.5. The van der Waals surface area contributed by atoms with Crippen molar-refractivity contribution >= 4 is 17.6 Å². The number of aliphatic imine (C=N–C) groups is 1. The molecule has 8 nitrogen and oxygen atoms in total. The molecule has 0 saturated carbocycles. The summed E-state index contributed by atoms with van der Waals surface area (Å²) in [5.74, 6) is 0.448. The molecule has 3 unspecified atom stereocenters. The van der Waals surface area contributed by atoms with Crippen LogP contribution in [0.3, 0.4) is 0 Å². The first-order valence-corrected chi connectivity index (χ1v) is 12.7. The van der Waals surface area contributed by atoms with Crippen LogP contribution in [0.2, 0.25) is 0 Å². The second-order valence-electron chi connectivity index (χ2n) is 10.4. The van der Waals surface area contributed by atoms with E-state index in [2.05, 4.69) is 37.1 Å². The molecular formula is C28H40N6O2. The first-order chi connectivity index (χ1) is 17.1. The number of aryl methyl sites for hydroxylation is 1. The quantitative estimate of drug-likeness (QED) is 0.345. The highest BCUT2D eigenvalue weighted by atomic mass is 16.2. The Morgan fingerprint density at radius 2 is 2.06 bits per heavy atom. The van der Waals surface area contributed by atoms with Gasteiger partial charge in [0.15, 0.2) is 0 Å². The number of fused-ring (bicyclic) bond motifs is 1. The molecule has 194 valence electrons. The van der Waals surface area contributed by atoms with Gasteiger partial charge in [0.1, 0.15) is 11.9 Å². The SMILES string of the molecule is CN=C(N)C1(CC(C)NCC(=O)N2CCCC2C#N)C(C)=C(C)CCc2cc(C(=O)N(C)C)ccc21. The van der Waals surface area contributed by atoms with E-state index in [1.165, 1.54) is 11.1 Å². The van der Waals surface area contributed by atoms with E-state index < -0.39 is 5.41 Å². The van der Waals surface area contributed by atoms with Gasteiger partial charge in [-0.2, -0.15) is 5.26 Å². The highest BCUT2D eigenvalue weighted by molar-refractivity contribution is 5.97. The zero-order valence-corrected chi connectivity index (χ0v) is 22.5. The summed E-state index contributed by atoms with van der Waals surface area (Å²) < 4.78 is 0. The first-order valence-electron chi connectivity index (χ1n) is 12.7. The molecule has 3 atom stereocenters. The number of hydrogen-bond acceptors (Lipinski definition) is 5. The van der Waals surface area contributed by atoms with Crippen molar-refractivity contribution in [2.45, 2.75) is 70.4 Å². The maximum Gasteiger partial charge on any atom is 0.253 e. The number of benzene rings is 1. The number of nitrogens with one attached hydrogen (secondary N) is 1. The van der Waals surface area contributed by atoms with Crippen LogP contribution in [0.4, 0.5) is 0 Å². The van der Waals surface area contributed by atoms with E-state index >= 15 is 0 Å². The number of hydrogen-bond donors (Lipinski definition) is 2. The minimum Gasteiger partial charge on any atom is -0.386 e. The van der Waals surface area contributed by atoms with E-state index in [4.69, 9.17) is 5.73 Å². The number of allylic oxidation sites excluding steroid dienone is 1. The van der Waals surface area contributed by atoms with Crippen LogP contribution >= 0.6 is 0 Å². The Morgan fingerprint density at radius 1 is 1.33 bits per heavy atom. The van der Waals surface area contributed by atoms with Gasteiger partial charge in [-0.05, 0) is 76.1 Å². The summed E-state index contributed by atoms with van der Waals surface area (Å²) in [6.07, 6.45) is 3.91. The number of rotatable bonds is 7. The summed E-state index contributed by atoms with van der Waals surface area (Å²) in [6.45, 7) is 7.13. The first kappa shape index (κ1) is 27.4. The van der Waals surface area contributed by atoms with Crippen molar-refractivity contribution in [3.05, 3.63) is 46.0 Å². The van der Waals surface area contributed by atoms with Gasteiger partial charge in [-0.15, -0.1) is 0 Å². The smallest absolute Gasteiger partial charge is 0.253 e. The van der Waals surface area contributed by atoms with Crippen molar-refractivity contribution in [3.8, 4) is 6.07 Å². The molecule has 1 aromatic rings. The van der Waals surface area contributed by atoms with Crippen molar-refractivity contribution in [3.63, 3.8) is 0 Å². The lowest BCUT2D eigenvalue weighted by Gasteiger charge is -2.39. The Balaban J connectivity index is 1.96. The van der Waals surface area contributed by atoms with E-state index in [0.29, 0.717) is 24.4 Å². The fraction of sp³-hybridized carbons (Fsp3) is 0.571. The highest BCUT2D eigenvalue weighted by Crippen LogP contribution is 2.44. The van der Waals surface area contributed by atoms with Gasteiger partial charge in [-0.25, -0.2) is 0 Å². The van der Waals surface area contributed by atoms with Crippen molar-refractivity contribution in [1.29, 1.82) is 5.26 Å². The van der Waals surface area contributed by atoms with Crippen LogP contribution in [0.1, 0.15) is 67.9 Å². The van der Waals surface area contributed by atoms with Crippen LogP contribution in [-0.4, -0.2) is 73.8 Å². The second kappa shape index (κ2) is 11.3. The van der Waals surface area contributed by atoms with E-state index in [1.807, 2.05) is 18.2 Å². The summed E-state index contributed by atoms with van der Waals surface area (Å²) in [7, 11) is 5.22. The van der Waals surface area contributed by atoms with Crippen LogP contribution in [0, 0.1) is 11.3 Å². The van der Waals surface area contributed by atoms with E-state index in [9.17, 15) is 14.9 Å². The van der Waals surface area contributed by atoms with Gasteiger partial charge in [-0.3, -0.25) is 14.6 Å². The molecule has 2 aliphatic rings. The molecule has 1 aliphatic carbocycles. The Hall–Kier alpha value is -3.18.